The number of hydrogen-bond acceptors (Lipinski definition) is 6. The van der Waals surface area contributed by atoms with Gasteiger partial charge in [0.25, 0.3) is 5.56 Å². The molecule has 134 valence electrons. The minimum atomic E-state index is -0.300. The zero-order chi connectivity index (χ0) is 17.9. The van der Waals surface area contributed by atoms with Crippen LogP contribution >= 0.6 is 0 Å². The van der Waals surface area contributed by atoms with Crippen molar-refractivity contribution in [3.05, 3.63) is 58.4 Å². The fourth-order valence-corrected chi connectivity index (χ4v) is 3.21. The molecule has 0 bridgehead atoms. The first-order valence-electron chi connectivity index (χ1n) is 8.56. The highest BCUT2D eigenvalue weighted by Gasteiger charge is 2.33. The van der Waals surface area contributed by atoms with Gasteiger partial charge in [0.2, 0.25) is 17.6 Å². The maximum absolute atomic E-state index is 12.6. The van der Waals surface area contributed by atoms with Crippen LogP contribution in [0.5, 0.6) is 0 Å². The van der Waals surface area contributed by atoms with Crippen LogP contribution in [0.1, 0.15) is 37.0 Å². The van der Waals surface area contributed by atoms with Crippen molar-refractivity contribution in [2.24, 2.45) is 0 Å². The van der Waals surface area contributed by atoms with Gasteiger partial charge < -0.3 is 13.9 Å². The first kappa shape index (κ1) is 16.3. The number of H-pyrrole nitrogens is 1. The van der Waals surface area contributed by atoms with Crippen LogP contribution in [-0.2, 0) is 11.2 Å². The lowest BCUT2D eigenvalue weighted by Gasteiger charge is -2.21. The molecule has 3 heterocycles. The molecule has 3 aromatic rings. The van der Waals surface area contributed by atoms with Gasteiger partial charge in [-0.05, 0) is 12.8 Å². The zero-order valence-electron chi connectivity index (χ0n) is 14.1. The molecule has 1 aromatic carbocycles. The summed E-state index contributed by atoms with van der Waals surface area (Å²) in [5.74, 6) is 1.44. The Hall–Kier alpha value is -3.16. The molecule has 1 amide bonds. The predicted octanol–water partition coefficient (Wildman–Crippen LogP) is 2.31. The average Bonchev–Trinajstić information content (AvgIpc) is 3.40. The number of nitrogens with one attached hydrogen (secondary N) is 1. The minimum absolute atomic E-state index is 0.0178. The lowest BCUT2D eigenvalue weighted by Crippen LogP contribution is -2.30. The summed E-state index contributed by atoms with van der Waals surface area (Å²) in [6.07, 6.45) is 2.32. The number of carbonyl (C=O) groups is 1. The van der Waals surface area contributed by atoms with E-state index < -0.39 is 0 Å². The van der Waals surface area contributed by atoms with Crippen LogP contribution in [0.4, 0.5) is 0 Å². The number of rotatable bonds is 5. The molecular weight excluding hydrogens is 336 g/mol. The van der Waals surface area contributed by atoms with E-state index in [1.54, 1.807) is 4.90 Å². The van der Waals surface area contributed by atoms with Crippen LogP contribution < -0.4 is 5.56 Å². The van der Waals surface area contributed by atoms with Crippen molar-refractivity contribution in [1.82, 2.24) is 20.2 Å². The Morgan fingerprint density at radius 1 is 1.31 bits per heavy atom. The van der Waals surface area contributed by atoms with E-state index in [2.05, 4.69) is 15.3 Å². The Bertz CT molecular complexity index is 943. The predicted molar refractivity (Wildman–Crippen MR) is 91.1 cm³/mol. The molecule has 1 atom stereocenters. The van der Waals surface area contributed by atoms with Crippen LogP contribution in [0.3, 0.4) is 0 Å². The van der Waals surface area contributed by atoms with E-state index in [1.807, 2.05) is 30.3 Å². The number of aromatic amines is 1. The molecule has 8 nitrogen and oxygen atoms in total. The van der Waals surface area contributed by atoms with Crippen molar-refractivity contribution in [3.63, 3.8) is 0 Å². The summed E-state index contributed by atoms with van der Waals surface area (Å²) in [6, 6.07) is 10.7. The first-order chi connectivity index (χ1) is 12.7. The monoisotopic (exact) mass is 354 g/mol. The summed E-state index contributed by atoms with van der Waals surface area (Å²) < 4.78 is 10.4. The van der Waals surface area contributed by atoms with Gasteiger partial charge >= 0.3 is 0 Å². The van der Waals surface area contributed by atoms with Gasteiger partial charge in [0.05, 0.1) is 0 Å². The number of aromatic nitrogens is 3. The summed E-state index contributed by atoms with van der Waals surface area (Å²) in [6.45, 7) is 0.656. The molecular formula is C18H18N4O4. The Morgan fingerprint density at radius 3 is 2.92 bits per heavy atom. The number of benzene rings is 1. The van der Waals surface area contributed by atoms with Crippen molar-refractivity contribution < 1.29 is 13.8 Å². The molecule has 1 N–H and O–H groups in total. The normalized spacial score (nSPS) is 16.9. The van der Waals surface area contributed by atoms with Crippen LogP contribution in [0, 0.1) is 0 Å². The molecule has 0 spiro atoms. The molecule has 0 radical (unpaired) electrons. The molecule has 1 saturated heterocycles. The summed E-state index contributed by atoms with van der Waals surface area (Å²) in [5.41, 5.74) is 0.576. The standard InChI is InChI=1S/C18H18N4O4/c23-15-11-13(25-20-15)8-9-16(24)22-10-4-7-14(22)18-19-17(21-26-18)12-5-2-1-3-6-12/h1-3,5-6,11,14H,4,7-10H2,(H,20,23)/t14-/m1/s1. The van der Waals surface area contributed by atoms with Crippen molar-refractivity contribution in [2.75, 3.05) is 6.54 Å². The highest BCUT2D eigenvalue weighted by molar-refractivity contribution is 5.77. The molecule has 1 fully saturated rings. The van der Waals surface area contributed by atoms with Gasteiger partial charge in [-0.2, -0.15) is 10.1 Å². The van der Waals surface area contributed by atoms with Crippen LogP contribution in [0.15, 0.2) is 50.2 Å². The number of aryl methyl sites for hydroxylation is 1. The van der Waals surface area contributed by atoms with E-state index >= 15 is 0 Å². The lowest BCUT2D eigenvalue weighted by atomic mass is 10.2. The fraction of sp³-hybridized carbons (Fsp3) is 0.333. The maximum atomic E-state index is 12.6. The Morgan fingerprint density at radius 2 is 2.15 bits per heavy atom. The third kappa shape index (κ3) is 3.30. The highest BCUT2D eigenvalue weighted by atomic mass is 16.5. The first-order valence-corrected chi connectivity index (χ1v) is 8.56. The molecule has 0 aliphatic carbocycles. The molecule has 0 unspecified atom stereocenters. The van der Waals surface area contributed by atoms with E-state index in [4.69, 9.17) is 9.05 Å². The van der Waals surface area contributed by atoms with Gasteiger partial charge in [0.1, 0.15) is 11.8 Å². The van der Waals surface area contributed by atoms with Gasteiger partial charge in [0, 0.05) is 31.0 Å². The third-order valence-electron chi connectivity index (χ3n) is 4.49. The number of carbonyl (C=O) groups excluding carboxylic acids is 1. The van der Waals surface area contributed by atoms with E-state index in [9.17, 15) is 9.59 Å². The fourth-order valence-electron chi connectivity index (χ4n) is 3.21. The van der Waals surface area contributed by atoms with Crippen molar-refractivity contribution in [3.8, 4) is 11.4 Å². The van der Waals surface area contributed by atoms with Gasteiger partial charge in [-0.1, -0.05) is 35.5 Å². The van der Waals surface area contributed by atoms with Crippen LogP contribution in [0.2, 0.25) is 0 Å². The number of likely N-dealkylation sites (tertiary alicyclic amines) is 1. The van der Waals surface area contributed by atoms with Gasteiger partial charge in [0.15, 0.2) is 0 Å². The smallest absolute Gasteiger partial charge is 0.280 e. The molecule has 26 heavy (non-hydrogen) atoms. The number of nitrogens with zero attached hydrogens (tertiary/aromatic N) is 3. The quantitative estimate of drug-likeness (QED) is 0.754. The molecule has 1 aliphatic rings. The van der Waals surface area contributed by atoms with Crippen LogP contribution in [0.25, 0.3) is 11.4 Å². The summed E-state index contributed by atoms with van der Waals surface area (Å²) >= 11 is 0. The number of hydrogen-bond donors (Lipinski definition) is 1. The zero-order valence-corrected chi connectivity index (χ0v) is 14.1. The lowest BCUT2D eigenvalue weighted by molar-refractivity contribution is -0.132. The van der Waals surface area contributed by atoms with E-state index in [1.165, 1.54) is 6.07 Å². The van der Waals surface area contributed by atoms with Gasteiger partial charge in [-0.15, -0.1) is 0 Å². The summed E-state index contributed by atoms with van der Waals surface area (Å²) in [5, 5.41) is 6.27. The molecule has 0 saturated carbocycles. The second-order valence-electron chi connectivity index (χ2n) is 6.25. The second-order valence-corrected chi connectivity index (χ2v) is 6.25. The molecule has 1 aliphatic heterocycles. The Labute approximate surface area is 148 Å². The topological polar surface area (TPSA) is 105 Å². The Balaban J connectivity index is 1.45. The molecule has 4 rings (SSSR count). The summed E-state index contributed by atoms with van der Waals surface area (Å²) in [7, 11) is 0. The average molecular weight is 354 g/mol. The van der Waals surface area contributed by atoms with Crippen molar-refractivity contribution >= 4 is 5.91 Å². The van der Waals surface area contributed by atoms with Gasteiger partial charge in [-0.25, -0.2) is 0 Å². The second kappa shape index (κ2) is 6.99. The molecule has 8 heteroatoms. The van der Waals surface area contributed by atoms with E-state index in [0.717, 1.165) is 18.4 Å². The highest BCUT2D eigenvalue weighted by Crippen LogP contribution is 2.32. The SMILES string of the molecule is O=C(CCc1cc(=O)[nH]o1)N1CCC[C@@H]1c1nc(-c2ccccc2)no1. The van der Waals surface area contributed by atoms with Crippen molar-refractivity contribution in [1.29, 1.82) is 0 Å². The van der Waals surface area contributed by atoms with Crippen molar-refractivity contribution in [2.45, 2.75) is 31.7 Å². The Kier molecular flexibility index (Phi) is 4.39. The maximum Gasteiger partial charge on any atom is 0.280 e. The largest absolute Gasteiger partial charge is 0.384 e. The van der Waals surface area contributed by atoms with Gasteiger partial charge in [-0.3, -0.25) is 9.59 Å². The number of amides is 1. The van der Waals surface area contributed by atoms with Crippen LogP contribution in [-0.4, -0.2) is 32.6 Å². The van der Waals surface area contributed by atoms with E-state index in [0.29, 0.717) is 30.4 Å². The molecule has 2 aromatic heterocycles. The third-order valence-corrected chi connectivity index (χ3v) is 4.49. The summed E-state index contributed by atoms with van der Waals surface area (Å²) in [4.78, 5) is 29.9. The minimum Gasteiger partial charge on any atom is -0.384 e. The van der Waals surface area contributed by atoms with E-state index in [-0.39, 0.29) is 23.9 Å².